The Labute approximate surface area is 126 Å². The Balaban J connectivity index is 2.21. The van der Waals surface area contributed by atoms with Crippen molar-refractivity contribution in [3.05, 3.63) is 58.6 Å². The lowest BCUT2D eigenvalue weighted by molar-refractivity contribution is 0.100. The number of hydrogen-bond acceptors (Lipinski definition) is 3. The number of primary amides is 1. The Kier molecular flexibility index (Phi) is 4.22. The van der Waals surface area contributed by atoms with E-state index < -0.39 is 5.91 Å². The van der Waals surface area contributed by atoms with Gasteiger partial charge in [0.25, 0.3) is 0 Å². The molecule has 0 atom stereocenters. The lowest BCUT2D eigenvalue weighted by Gasteiger charge is -2.09. The maximum absolute atomic E-state index is 11.0. The molecule has 0 radical (unpaired) electrons. The highest BCUT2D eigenvalue weighted by Crippen LogP contribution is 2.30. The molecule has 6 heteroatoms. The van der Waals surface area contributed by atoms with Crippen molar-refractivity contribution in [3.8, 4) is 11.5 Å². The summed E-state index contributed by atoms with van der Waals surface area (Å²) in [6.45, 7) is 0. The van der Waals surface area contributed by atoms with Crippen LogP contribution in [0.5, 0.6) is 11.5 Å². The standard InChI is InChI=1S/C14H11ClN2O2S/c15-11-7-9(14(17)20)3-6-12(11)19-10-4-1-8(2-5-10)13(16)18/h1-7H,(H2,16,18)(H2,17,20). The minimum Gasteiger partial charge on any atom is -0.456 e. The average molecular weight is 307 g/mol. The van der Waals surface area contributed by atoms with Crippen LogP contribution in [0.1, 0.15) is 15.9 Å². The molecular formula is C14H11ClN2O2S. The van der Waals surface area contributed by atoms with Crippen LogP contribution in [0.3, 0.4) is 0 Å². The maximum Gasteiger partial charge on any atom is 0.248 e. The summed E-state index contributed by atoms with van der Waals surface area (Å²) in [6.07, 6.45) is 0. The largest absolute Gasteiger partial charge is 0.456 e. The summed E-state index contributed by atoms with van der Waals surface area (Å²) in [7, 11) is 0. The summed E-state index contributed by atoms with van der Waals surface area (Å²) in [6, 6.07) is 11.5. The number of hydrogen-bond donors (Lipinski definition) is 2. The molecule has 2 aromatic carbocycles. The van der Waals surface area contributed by atoms with Crippen molar-refractivity contribution in [1.29, 1.82) is 0 Å². The molecule has 0 unspecified atom stereocenters. The molecular weight excluding hydrogens is 296 g/mol. The molecule has 0 fully saturated rings. The monoisotopic (exact) mass is 306 g/mol. The van der Waals surface area contributed by atoms with Gasteiger partial charge in [0.15, 0.2) is 0 Å². The second-order valence-electron chi connectivity index (χ2n) is 4.00. The first kappa shape index (κ1) is 14.3. The summed E-state index contributed by atoms with van der Waals surface area (Å²) < 4.78 is 5.61. The number of rotatable bonds is 4. The highest BCUT2D eigenvalue weighted by Gasteiger charge is 2.07. The molecule has 20 heavy (non-hydrogen) atoms. The maximum atomic E-state index is 11.0. The molecule has 4 N–H and O–H groups in total. The van der Waals surface area contributed by atoms with E-state index in [2.05, 4.69) is 0 Å². The molecule has 0 spiro atoms. The summed E-state index contributed by atoms with van der Waals surface area (Å²) in [5.74, 6) is 0.522. The Morgan fingerprint density at radius 3 is 2.15 bits per heavy atom. The van der Waals surface area contributed by atoms with E-state index in [0.29, 0.717) is 27.6 Å². The van der Waals surface area contributed by atoms with Crippen LogP contribution in [0, 0.1) is 0 Å². The number of carbonyl (C=O) groups is 1. The zero-order valence-electron chi connectivity index (χ0n) is 10.3. The first-order chi connectivity index (χ1) is 9.47. The fraction of sp³-hybridized carbons (Fsp3) is 0. The van der Waals surface area contributed by atoms with Crippen molar-refractivity contribution in [2.24, 2.45) is 11.5 Å². The van der Waals surface area contributed by atoms with E-state index >= 15 is 0 Å². The van der Waals surface area contributed by atoms with E-state index in [1.165, 1.54) is 0 Å². The van der Waals surface area contributed by atoms with Crippen LogP contribution in [0.15, 0.2) is 42.5 Å². The fourth-order valence-electron chi connectivity index (χ4n) is 1.55. The number of carbonyl (C=O) groups excluding carboxylic acids is 1. The zero-order valence-corrected chi connectivity index (χ0v) is 11.9. The van der Waals surface area contributed by atoms with Gasteiger partial charge in [0, 0.05) is 11.1 Å². The first-order valence-corrected chi connectivity index (χ1v) is 6.43. The lowest BCUT2D eigenvalue weighted by Crippen LogP contribution is -2.10. The molecule has 0 aliphatic rings. The molecule has 0 heterocycles. The Bertz CT molecular complexity index is 671. The summed E-state index contributed by atoms with van der Waals surface area (Å²) >= 11 is 11.0. The van der Waals surface area contributed by atoms with E-state index in [1.807, 2.05) is 0 Å². The van der Waals surface area contributed by atoms with E-state index in [0.717, 1.165) is 0 Å². The molecule has 2 rings (SSSR count). The van der Waals surface area contributed by atoms with Gasteiger partial charge in [-0.1, -0.05) is 23.8 Å². The van der Waals surface area contributed by atoms with Crippen molar-refractivity contribution in [2.75, 3.05) is 0 Å². The molecule has 0 aliphatic carbocycles. The molecule has 0 aliphatic heterocycles. The third-order valence-corrected chi connectivity index (χ3v) is 3.11. The summed E-state index contributed by atoms with van der Waals surface area (Å²) in [5.41, 5.74) is 11.8. The van der Waals surface area contributed by atoms with E-state index in [9.17, 15) is 4.79 Å². The average Bonchev–Trinajstić information content (AvgIpc) is 2.41. The molecule has 0 saturated heterocycles. The van der Waals surface area contributed by atoms with Gasteiger partial charge in [0.1, 0.15) is 16.5 Å². The van der Waals surface area contributed by atoms with Crippen molar-refractivity contribution in [2.45, 2.75) is 0 Å². The van der Waals surface area contributed by atoms with Crippen molar-refractivity contribution >= 4 is 34.7 Å². The van der Waals surface area contributed by atoms with Gasteiger partial charge < -0.3 is 16.2 Å². The van der Waals surface area contributed by atoms with Crippen LogP contribution < -0.4 is 16.2 Å². The van der Waals surface area contributed by atoms with Crippen molar-refractivity contribution in [3.63, 3.8) is 0 Å². The second-order valence-corrected chi connectivity index (χ2v) is 4.85. The molecule has 0 saturated carbocycles. The van der Waals surface area contributed by atoms with Crippen LogP contribution in [0.4, 0.5) is 0 Å². The smallest absolute Gasteiger partial charge is 0.248 e. The number of thiocarbonyl (C=S) groups is 1. The molecule has 0 bridgehead atoms. The van der Waals surface area contributed by atoms with E-state index in [4.69, 9.17) is 40.0 Å². The van der Waals surface area contributed by atoms with Gasteiger partial charge in [-0.05, 0) is 42.5 Å². The third kappa shape index (κ3) is 3.26. The number of nitrogens with two attached hydrogens (primary N) is 2. The Hall–Kier alpha value is -2.11. The van der Waals surface area contributed by atoms with Crippen LogP contribution in [-0.4, -0.2) is 10.9 Å². The third-order valence-electron chi connectivity index (χ3n) is 2.58. The molecule has 4 nitrogen and oxygen atoms in total. The Morgan fingerprint density at radius 1 is 1.05 bits per heavy atom. The summed E-state index contributed by atoms with van der Waals surface area (Å²) in [4.78, 5) is 11.2. The summed E-state index contributed by atoms with van der Waals surface area (Å²) in [5, 5.41) is 0.397. The molecule has 102 valence electrons. The van der Waals surface area contributed by atoms with E-state index in [-0.39, 0.29) is 4.99 Å². The van der Waals surface area contributed by atoms with Gasteiger partial charge in [-0.2, -0.15) is 0 Å². The predicted octanol–water partition coefficient (Wildman–Crippen LogP) is 2.87. The van der Waals surface area contributed by atoms with Gasteiger partial charge in [-0.3, -0.25) is 4.79 Å². The number of halogens is 1. The normalized spacial score (nSPS) is 10.1. The van der Waals surface area contributed by atoms with Crippen LogP contribution in [-0.2, 0) is 0 Å². The van der Waals surface area contributed by atoms with Gasteiger partial charge in [0.05, 0.1) is 5.02 Å². The van der Waals surface area contributed by atoms with Gasteiger partial charge in [-0.25, -0.2) is 0 Å². The fourth-order valence-corrected chi connectivity index (χ4v) is 1.90. The molecule has 2 aromatic rings. The van der Waals surface area contributed by atoms with Crippen LogP contribution >= 0.6 is 23.8 Å². The first-order valence-electron chi connectivity index (χ1n) is 5.64. The predicted molar refractivity (Wildman–Crippen MR) is 82.4 cm³/mol. The molecule has 0 aromatic heterocycles. The highest BCUT2D eigenvalue weighted by molar-refractivity contribution is 7.80. The highest BCUT2D eigenvalue weighted by atomic mass is 35.5. The minimum absolute atomic E-state index is 0.268. The number of ether oxygens (including phenoxy) is 1. The molecule has 1 amide bonds. The van der Waals surface area contributed by atoms with Crippen molar-refractivity contribution in [1.82, 2.24) is 0 Å². The van der Waals surface area contributed by atoms with Crippen molar-refractivity contribution < 1.29 is 9.53 Å². The van der Waals surface area contributed by atoms with Crippen LogP contribution in [0.25, 0.3) is 0 Å². The van der Waals surface area contributed by atoms with Gasteiger partial charge >= 0.3 is 0 Å². The zero-order chi connectivity index (χ0) is 14.7. The van der Waals surface area contributed by atoms with E-state index in [1.54, 1.807) is 42.5 Å². The number of amides is 1. The van der Waals surface area contributed by atoms with Gasteiger partial charge in [-0.15, -0.1) is 0 Å². The topological polar surface area (TPSA) is 78.3 Å². The van der Waals surface area contributed by atoms with Crippen LogP contribution in [0.2, 0.25) is 5.02 Å². The number of benzene rings is 2. The SMILES string of the molecule is NC(=O)c1ccc(Oc2ccc(C(N)=S)cc2Cl)cc1. The minimum atomic E-state index is -0.490. The lowest BCUT2D eigenvalue weighted by atomic mass is 10.2. The second kappa shape index (κ2) is 5.90. The van der Waals surface area contributed by atoms with Gasteiger partial charge in [0.2, 0.25) is 5.91 Å². The Morgan fingerprint density at radius 2 is 1.65 bits per heavy atom. The quantitative estimate of drug-likeness (QED) is 0.851.